The van der Waals surface area contributed by atoms with Gasteiger partial charge in [0.25, 0.3) is 0 Å². The molecule has 0 rings (SSSR count). The maximum atomic E-state index is 5.11. The average Bonchev–Trinajstić information content (AvgIpc) is 1.89. The van der Waals surface area contributed by atoms with Crippen molar-refractivity contribution in [3.8, 4) is 0 Å². The lowest BCUT2D eigenvalue weighted by molar-refractivity contribution is 0.815. The molecule has 0 saturated heterocycles. The van der Waals surface area contributed by atoms with Gasteiger partial charge in [-0.3, -0.25) is 0 Å². The summed E-state index contributed by atoms with van der Waals surface area (Å²) in [5.41, 5.74) is 5.11. The van der Waals surface area contributed by atoms with Gasteiger partial charge in [0.15, 0.2) is 0 Å². The lowest BCUT2D eigenvalue weighted by Gasteiger charge is -1.84. The van der Waals surface area contributed by atoms with Crippen LogP contribution in [0.25, 0.3) is 0 Å². The zero-order valence-corrected chi connectivity index (χ0v) is 6.01. The molecule has 0 spiro atoms. The Morgan fingerprint density at radius 1 is 1.33 bits per heavy atom. The van der Waals surface area contributed by atoms with Crippen LogP contribution in [0.3, 0.4) is 0 Å². The molecule has 52 valence electrons. The zero-order valence-electron chi connectivity index (χ0n) is 6.01. The van der Waals surface area contributed by atoms with E-state index >= 15 is 0 Å². The van der Waals surface area contributed by atoms with E-state index in [1.807, 2.05) is 12.2 Å². The molecule has 0 unspecified atom stereocenters. The summed E-state index contributed by atoms with van der Waals surface area (Å²) in [6.45, 7) is 2.19. The van der Waals surface area contributed by atoms with Crippen molar-refractivity contribution in [2.75, 3.05) is 0 Å². The van der Waals surface area contributed by atoms with Gasteiger partial charge in [-0.2, -0.15) is 0 Å². The van der Waals surface area contributed by atoms with Gasteiger partial charge in [0.1, 0.15) is 0 Å². The van der Waals surface area contributed by atoms with Crippen molar-refractivity contribution < 1.29 is 0 Å². The van der Waals surface area contributed by atoms with Gasteiger partial charge in [-0.1, -0.05) is 31.9 Å². The van der Waals surface area contributed by atoms with Crippen molar-refractivity contribution in [1.82, 2.24) is 0 Å². The van der Waals surface area contributed by atoms with E-state index in [1.54, 1.807) is 6.20 Å². The lowest BCUT2D eigenvalue weighted by atomic mass is 10.2. The molecule has 0 atom stereocenters. The van der Waals surface area contributed by atoms with E-state index in [0.29, 0.717) is 0 Å². The Balaban J connectivity index is 3.04. The molecule has 0 bridgehead atoms. The van der Waals surface area contributed by atoms with E-state index < -0.39 is 0 Å². The third-order valence-corrected chi connectivity index (χ3v) is 1.08. The van der Waals surface area contributed by atoms with Crippen LogP contribution in [-0.2, 0) is 0 Å². The van der Waals surface area contributed by atoms with Gasteiger partial charge in [0, 0.05) is 0 Å². The monoisotopic (exact) mass is 125 g/mol. The van der Waals surface area contributed by atoms with E-state index in [0.717, 1.165) is 0 Å². The SMILES string of the molecule is CCCCC=CC=CN. The fourth-order valence-corrected chi connectivity index (χ4v) is 0.561. The minimum absolute atomic E-state index is 1.17. The Morgan fingerprint density at radius 3 is 2.67 bits per heavy atom. The minimum atomic E-state index is 1.17. The molecule has 0 aliphatic carbocycles. The van der Waals surface area contributed by atoms with Crippen LogP contribution in [0.15, 0.2) is 24.4 Å². The second kappa shape index (κ2) is 7.28. The highest BCUT2D eigenvalue weighted by atomic mass is 14.5. The number of rotatable bonds is 4. The molecule has 0 fully saturated rings. The summed E-state index contributed by atoms with van der Waals surface area (Å²) in [4.78, 5) is 0. The number of allylic oxidation sites excluding steroid dienone is 3. The summed E-state index contributed by atoms with van der Waals surface area (Å²) >= 11 is 0. The molecule has 1 heteroatoms. The van der Waals surface area contributed by atoms with Gasteiger partial charge < -0.3 is 5.73 Å². The Labute approximate surface area is 57.3 Å². The van der Waals surface area contributed by atoms with Crippen LogP contribution >= 0.6 is 0 Å². The molecular formula is C8H15N. The molecule has 0 amide bonds. The van der Waals surface area contributed by atoms with Gasteiger partial charge in [0.05, 0.1) is 0 Å². The maximum absolute atomic E-state index is 5.11. The normalized spacial score (nSPS) is 11.7. The molecule has 9 heavy (non-hydrogen) atoms. The molecule has 0 aliphatic rings. The van der Waals surface area contributed by atoms with Gasteiger partial charge in [0.2, 0.25) is 0 Å². The van der Waals surface area contributed by atoms with Crippen LogP contribution < -0.4 is 5.73 Å². The smallest absolute Gasteiger partial charge is 0.00625 e. The Hall–Kier alpha value is -0.720. The number of nitrogens with two attached hydrogens (primary N) is 1. The van der Waals surface area contributed by atoms with Crippen molar-refractivity contribution in [3.63, 3.8) is 0 Å². The molecule has 0 aromatic heterocycles. The first-order valence-corrected chi connectivity index (χ1v) is 3.45. The summed E-state index contributed by atoms with van der Waals surface area (Å²) in [5, 5.41) is 0. The Morgan fingerprint density at radius 2 is 2.11 bits per heavy atom. The van der Waals surface area contributed by atoms with Crippen molar-refractivity contribution in [3.05, 3.63) is 24.4 Å². The predicted octanol–water partition coefficient (Wildman–Crippen LogP) is 2.21. The van der Waals surface area contributed by atoms with Gasteiger partial charge in [-0.25, -0.2) is 0 Å². The molecule has 2 N–H and O–H groups in total. The molecule has 0 aromatic carbocycles. The van der Waals surface area contributed by atoms with Gasteiger partial charge in [-0.05, 0) is 18.7 Å². The van der Waals surface area contributed by atoms with Crippen LogP contribution in [0, 0.1) is 0 Å². The first-order chi connectivity index (χ1) is 4.41. The number of hydrogen-bond acceptors (Lipinski definition) is 1. The Bertz CT molecular complexity index is 92.7. The summed E-state index contributed by atoms with van der Waals surface area (Å²) in [5.74, 6) is 0. The first kappa shape index (κ1) is 8.28. The molecular weight excluding hydrogens is 110 g/mol. The van der Waals surface area contributed by atoms with E-state index in [1.165, 1.54) is 19.3 Å². The van der Waals surface area contributed by atoms with Crippen molar-refractivity contribution in [2.45, 2.75) is 26.2 Å². The van der Waals surface area contributed by atoms with Crippen LogP contribution in [0.1, 0.15) is 26.2 Å². The lowest BCUT2D eigenvalue weighted by Crippen LogP contribution is -1.72. The second-order valence-corrected chi connectivity index (χ2v) is 1.96. The van der Waals surface area contributed by atoms with E-state index in [4.69, 9.17) is 5.73 Å². The quantitative estimate of drug-likeness (QED) is 0.452. The first-order valence-electron chi connectivity index (χ1n) is 3.45. The summed E-state index contributed by atoms with van der Waals surface area (Å²) in [7, 11) is 0. The third kappa shape index (κ3) is 7.28. The highest BCUT2D eigenvalue weighted by Crippen LogP contribution is 1.94. The molecule has 0 radical (unpaired) electrons. The van der Waals surface area contributed by atoms with E-state index in [2.05, 4.69) is 13.0 Å². The Kier molecular flexibility index (Phi) is 6.70. The highest BCUT2D eigenvalue weighted by Gasteiger charge is 1.74. The molecule has 1 nitrogen and oxygen atoms in total. The van der Waals surface area contributed by atoms with Crippen LogP contribution in [0.4, 0.5) is 0 Å². The topological polar surface area (TPSA) is 26.0 Å². The van der Waals surface area contributed by atoms with Crippen LogP contribution in [-0.4, -0.2) is 0 Å². The van der Waals surface area contributed by atoms with E-state index in [-0.39, 0.29) is 0 Å². The molecule has 0 aromatic rings. The number of hydrogen-bond donors (Lipinski definition) is 1. The average molecular weight is 125 g/mol. The fraction of sp³-hybridized carbons (Fsp3) is 0.500. The molecule has 0 heterocycles. The van der Waals surface area contributed by atoms with Crippen LogP contribution in [0.5, 0.6) is 0 Å². The standard InChI is InChI=1S/C8H15N/c1-2-3-4-5-6-7-8-9/h5-8H,2-4,9H2,1H3. The highest BCUT2D eigenvalue weighted by molar-refractivity contribution is 5.00. The van der Waals surface area contributed by atoms with Gasteiger partial charge in [-0.15, -0.1) is 0 Å². The summed E-state index contributed by atoms with van der Waals surface area (Å²) in [6, 6.07) is 0. The summed E-state index contributed by atoms with van der Waals surface area (Å²) < 4.78 is 0. The van der Waals surface area contributed by atoms with Crippen LogP contribution in [0.2, 0.25) is 0 Å². The summed E-state index contributed by atoms with van der Waals surface area (Å²) in [6.07, 6.45) is 11.2. The van der Waals surface area contributed by atoms with Crippen molar-refractivity contribution >= 4 is 0 Å². The number of unbranched alkanes of at least 4 members (excludes halogenated alkanes) is 2. The minimum Gasteiger partial charge on any atom is -0.405 e. The predicted molar refractivity (Wildman–Crippen MR) is 42.0 cm³/mol. The second-order valence-electron chi connectivity index (χ2n) is 1.96. The largest absolute Gasteiger partial charge is 0.405 e. The zero-order chi connectivity index (χ0) is 6.95. The fourth-order valence-electron chi connectivity index (χ4n) is 0.561. The van der Waals surface area contributed by atoms with E-state index in [9.17, 15) is 0 Å². The maximum Gasteiger partial charge on any atom is -0.00625 e. The molecule has 0 saturated carbocycles. The van der Waals surface area contributed by atoms with Gasteiger partial charge >= 0.3 is 0 Å². The third-order valence-electron chi connectivity index (χ3n) is 1.08. The van der Waals surface area contributed by atoms with Crippen molar-refractivity contribution in [2.24, 2.45) is 5.73 Å². The van der Waals surface area contributed by atoms with Crippen molar-refractivity contribution in [1.29, 1.82) is 0 Å². The molecule has 0 aliphatic heterocycles.